The maximum Gasteiger partial charge on any atom is 0.189 e. The molecule has 1 atom stereocenters. The lowest BCUT2D eigenvalue weighted by Crippen LogP contribution is -2.09. The molecule has 0 radical (unpaired) electrons. The van der Waals surface area contributed by atoms with Crippen LogP contribution in [0.25, 0.3) is 10.8 Å². The fourth-order valence-corrected chi connectivity index (χ4v) is 3.93. The van der Waals surface area contributed by atoms with Crippen LogP contribution < -0.4 is 4.74 Å². The van der Waals surface area contributed by atoms with Gasteiger partial charge in [0.15, 0.2) is 6.79 Å². The van der Waals surface area contributed by atoms with Crippen LogP contribution in [0.1, 0.15) is 5.56 Å². The van der Waals surface area contributed by atoms with Crippen molar-refractivity contribution < 1.29 is 18.4 Å². The normalized spacial score (nSPS) is 12.2. The largest absolute Gasteiger partial charge is 0.466 e. The van der Waals surface area contributed by atoms with Crippen LogP contribution in [0.15, 0.2) is 70.5 Å². The fourth-order valence-electron chi connectivity index (χ4n) is 2.61. The summed E-state index contributed by atoms with van der Waals surface area (Å²) in [6.07, 6.45) is 0. The molecule has 0 fully saturated rings. The van der Waals surface area contributed by atoms with Crippen LogP contribution in [-0.2, 0) is 20.3 Å². The molecule has 0 saturated heterocycles. The maximum absolute atomic E-state index is 13.3. The first-order chi connectivity index (χ1) is 12.7. The molecule has 3 aromatic rings. The average molecular weight is 370 g/mol. The van der Waals surface area contributed by atoms with Gasteiger partial charge in [-0.3, -0.25) is 0 Å². The van der Waals surface area contributed by atoms with Crippen molar-refractivity contribution in [2.75, 3.05) is 27.1 Å². The lowest BCUT2D eigenvalue weighted by molar-refractivity contribution is -0.00957. The van der Waals surface area contributed by atoms with Gasteiger partial charge in [-0.1, -0.05) is 48.0 Å². The van der Waals surface area contributed by atoms with Crippen molar-refractivity contribution in [3.8, 4) is 5.75 Å². The van der Waals surface area contributed by atoms with Gasteiger partial charge in [-0.05, 0) is 30.5 Å². The molecule has 0 N–H and O–H groups in total. The molecule has 0 saturated carbocycles. The summed E-state index contributed by atoms with van der Waals surface area (Å²) in [7, 11) is 0.266. The van der Waals surface area contributed by atoms with Crippen molar-refractivity contribution in [3.05, 3.63) is 66.2 Å². The molecule has 136 valence electrons. The van der Waals surface area contributed by atoms with Gasteiger partial charge in [0.2, 0.25) is 0 Å². The molecule has 0 heterocycles. The van der Waals surface area contributed by atoms with Gasteiger partial charge in [-0.15, -0.1) is 0 Å². The lowest BCUT2D eigenvalue weighted by Gasteiger charge is -2.14. The third kappa shape index (κ3) is 4.30. The Morgan fingerprint density at radius 1 is 0.923 bits per heavy atom. The minimum atomic E-state index is -1.36. The smallest absolute Gasteiger partial charge is 0.189 e. The van der Waals surface area contributed by atoms with E-state index in [2.05, 4.69) is 0 Å². The predicted molar refractivity (Wildman–Crippen MR) is 103 cm³/mol. The molecule has 1 unspecified atom stereocenters. The van der Waals surface area contributed by atoms with Crippen LogP contribution in [0, 0.1) is 6.92 Å². The van der Waals surface area contributed by atoms with Crippen LogP contribution >= 0.6 is 0 Å². The number of ether oxygens (including phenoxy) is 3. The van der Waals surface area contributed by atoms with E-state index < -0.39 is 10.8 Å². The van der Waals surface area contributed by atoms with Gasteiger partial charge in [0.1, 0.15) is 5.75 Å². The monoisotopic (exact) mass is 370 g/mol. The van der Waals surface area contributed by atoms with E-state index in [9.17, 15) is 4.21 Å². The van der Waals surface area contributed by atoms with E-state index >= 15 is 0 Å². The highest BCUT2D eigenvalue weighted by atomic mass is 32.2. The zero-order valence-electron chi connectivity index (χ0n) is 14.9. The summed E-state index contributed by atoms with van der Waals surface area (Å²) in [5.41, 5.74) is 1.13. The standard InChI is InChI=1S/C21H22O4S/c1-16-7-10-18(11-8-16)26(22)21-19-6-4-3-5-17(19)9-12-20(21)25-15-24-14-13-23-2/h3-12H,13-15H2,1-2H3. The van der Waals surface area contributed by atoms with Crippen molar-refractivity contribution in [1.29, 1.82) is 0 Å². The second-order valence-electron chi connectivity index (χ2n) is 5.86. The zero-order chi connectivity index (χ0) is 18.4. The van der Waals surface area contributed by atoms with Crippen molar-refractivity contribution in [3.63, 3.8) is 0 Å². The van der Waals surface area contributed by atoms with E-state index in [1.54, 1.807) is 7.11 Å². The van der Waals surface area contributed by atoms with E-state index in [1.807, 2.05) is 67.6 Å². The Morgan fingerprint density at radius 3 is 2.46 bits per heavy atom. The van der Waals surface area contributed by atoms with Crippen molar-refractivity contribution in [2.45, 2.75) is 16.7 Å². The van der Waals surface area contributed by atoms with Gasteiger partial charge in [0.25, 0.3) is 0 Å². The van der Waals surface area contributed by atoms with Gasteiger partial charge in [0, 0.05) is 17.4 Å². The molecule has 3 rings (SSSR count). The third-order valence-corrected chi connectivity index (χ3v) is 5.49. The van der Waals surface area contributed by atoms with E-state index in [4.69, 9.17) is 14.2 Å². The van der Waals surface area contributed by atoms with Crippen LogP contribution in [-0.4, -0.2) is 31.3 Å². The molecule has 0 aliphatic rings. The van der Waals surface area contributed by atoms with Crippen molar-refractivity contribution in [1.82, 2.24) is 0 Å². The van der Waals surface area contributed by atoms with E-state index in [0.717, 1.165) is 21.2 Å². The first-order valence-electron chi connectivity index (χ1n) is 8.40. The third-order valence-electron chi connectivity index (χ3n) is 3.99. The Morgan fingerprint density at radius 2 is 1.69 bits per heavy atom. The van der Waals surface area contributed by atoms with E-state index in [0.29, 0.717) is 23.9 Å². The summed E-state index contributed by atoms with van der Waals surface area (Å²) >= 11 is 0. The van der Waals surface area contributed by atoms with Gasteiger partial charge < -0.3 is 14.2 Å². The Kier molecular flexibility index (Phi) is 6.39. The molecule has 0 bridgehead atoms. The van der Waals surface area contributed by atoms with E-state index in [-0.39, 0.29) is 6.79 Å². The number of hydrogen-bond donors (Lipinski definition) is 0. The molecule has 0 aromatic heterocycles. The molecule has 0 aliphatic carbocycles. The Bertz CT molecular complexity index is 890. The first kappa shape index (κ1) is 18.6. The number of methoxy groups -OCH3 is 1. The summed E-state index contributed by atoms with van der Waals surface area (Å²) < 4.78 is 29.4. The van der Waals surface area contributed by atoms with Gasteiger partial charge >= 0.3 is 0 Å². The Balaban J connectivity index is 1.95. The number of rotatable bonds is 8. The topological polar surface area (TPSA) is 44.8 Å². The van der Waals surface area contributed by atoms with Gasteiger partial charge in [0.05, 0.1) is 28.9 Å². The number of aryl methyl sites for hydroxylation is 1. The van der Waals surface area contributed by atoms with Crippen molar-refractivity contribution >= 4 is 21.6 Å². The summed E-state index contributed by atoms with van der Waals surface area (Å²) in [5, 5.41) is 1.94. The summed E-state index contributed by atoms with van der Waals surface area (Å²) in [6, 6.07) is 19.4. The molecular formula is C21H22O4S. The minimum absolute atomic E-state index is 0.0831. The summed E-state index contributed by atoms with van der Waals surface area (Å²) in [6.45, 7) is 3.04. The second-order valence-corrected chi connectivity index (χ2v) is 7.28. The van der Waals surface area contributed by atoms with Crippen LogP contribution in [0.3, 0.4) is 0 Å². The van der Waals surface area contributed by atoms with Gasteiger partial charge in [-0.25, -0.2) is 4.21 Å². The number of hydrogen-bond acceptors (Lipinski definition) is 4. The molecule has 3 aromatic carbocycles. The molecule has 0 aliphatic heterocycles. The maximum atomic E-state index is 13.3. The molecule has 0 spiro atoms. The highest BCUT2D eigenvalue weighted by Crippen LogP contribution is 2.34. The highest BCUT2D eigenvalue weighted by molar-refractivity contribution is 7.85. The van der Waals surface area contributed by atoms with Crippen LogP contribution in [0.4, 0.5) is 0 Å². The summed E-state index contributed by atoms with van der Waals surface area (Å²) in [4.78, 5) is 1.42. The Labute approximate surface area is 156 Å². The van der Waals surface area contributed by atoms with Crippen LogP contribution in [0.5, 0.6) is 5.75 Å². The Hall–Kier alpha value is -2.21. The number of fused-ring (bicyclic) bond motifs is 1. The predicted octanol–water partition coefficient (Wildman–Crippen LogP) is 4.31. The average Bonchev–Trinajstić information content (AvgIpc) is 2.67. The molecular weight excluding hydrogens is 348 g/mol. The SMILES string of the molecule is COCCOCOc1ccc2ccccc2c1S(=O)c1ccc(C)cc1. The van der Waals surface area contributed by atoms with Gasteiger partial charge in [-0.2, -0.15) is 0 Å². The highest BCUT2D eigenvalue weighted by Gasteiger charge is 2.17. The second kappa shape index (κ2) is 8.94. The zero-order valence-corrected chi connectivity index (χ0v) is 15.8. The molecule has 4 nitrogen and oxygen atoms in total. The number of benzene rings is 3. The molecule has 0 amide bonds. The first-order valence-corrected chi connectivity index (χ1v) is 9.55. The lowest BCUT2D eigenvalue weighted by atomic mass is 10.1. The fraction of sp³-hybridized carbons (Fsp3) is 0.238. The quantitative estimate of drug-likeness (QED) is 0.438. The van der Waals surface area contributed by atoms with Crippen molar-refractivity contribution in [2.24, 2.45) is 0 Å². The minimum Gasteiger partial charge on any atom is -0.466 e. The van der Waals surface area contributed by atoms with E-state index in [1.165, 1.54) is 0 Å². The molecule has 5 heteroatoms. The summed E-state index contributed by atoms with van der Waals surface area (Å²) in [5.74, 6) is 0.569. The van der Waals surface area contributed by atoms with Crippen LogP contribution in [0.2, 0.25) is 0 Å². The molecule has 26 heavy (non-hydrogen) atoms.